The number of nitrogens with two attached hydrogens (primary N) is 1. The molecule has 0 radical (unpaired) electrons. The molecule has 2 N–H and O–H groups in total. The van der Waals surface area contributed by atoms with Gasteiger partial charge in [0.25, 0.3) is 0 Å². The van der Waals surface area contributed by atoms with Gasteiger partial charge in [-0.05, 0) is 30.8 Å². The Morgan fingerprint density at radius 1 is 1.19 bits per heavy atom. The van der Waals surface area contributed by atoms with Gasteiger partial charge in [0.1, 0.15) is 17.3 Å². The Labute approximate surface area is 125 Å². The lowest BCUT2D eigenvalue weighted by Gasteiger charge is -2.06. The summed E-state index contributed by atoms with van der Waals surface area (Å²) in [6.45, 7) is 4.68. The molecule has 0 aliphatic heterocycles. The van der Waals surface area contributed by atoms with E-state index in [4.69, 9.17) is 5.73 Å². The van der Waals surface area contributed by atoms with Crippen LogP contribution in [0.4, 0.5) is 19.0 Å². The molecule has 0 aliphatic carbocycles. The summed E-state index contributed by atoms with van der Waals surface area (Å²) in [5.74, 6) is 1.42. The Bertz CT molecular complexity index is 618. The van der Waals surface area contributed by atoms with Crippen molar-refractivity contribution in [1.82, 2.24) is 9.55 Å². The maximum atomic E-state index is 12.3. The summed E-state index contributed by atoms with van der Waals surface area (Å²) in [4.78, 5) is 4.63. The van der Waals surface area contributed by atoms with Crippen LogP contribution in [0.1, 0.15) is 19.7 Å². The van der Waals surface area contributed by atoms with Crippen molar-refractivity contribution in [2.45, 2.75) is 37.2 Å². The molecule has 0 spiro atoms. The molecule has 0 saturated heterocycles. The molecule has 0 aliphatic rings. The van der Waals surface area contributed by atoms with Crippen molar-refractivity contribution < 1.29 is 13.2 Å². The SMILES string of the molecule is CCc1nc(-c2ccc(SC(F)(F)F)cc2)c(N)n1CC. The van der Waals surface area contributed by atoms with Crippen LogP contribution in [0, 0.1) is 0 Å². The van der Waals surface area contributed by atoms with Gasteiger partial charge in [0.05, 0.1) is 0 Å². The van der Waals surface area contributed by atoms with Crippen molar-refractivity contribution in [2.24, 2.45) is 0 Å². The second kappa shape index (κ2) is 6.01. The molecular weight excluding hydrogens is 299 g/mol. The number of alkyl halides is 3. The number of rotatable bonds is 4. The van der Waals surface area contributed by atoms with Crippen LogP contribution in [-0.4, -0.2) is 15.1 Å². The van der Waals surface area contributed by atoms with E-state index in [9.17, 15) is 13.2 Å². The smallest absolute Gasteiger partial charge is 0.383 e. The van der Waals surface area contributed by atoms with Crippen LogP contribution in [0.15, 0.2) is 29.2 Å². The number of hydrogen-bond acceptors (Lipinski definition) is 3. The minimum absolute atomic E-state index is 0.131. The first-order valence-corrected chi connectivity index (χ1v) is 7.38. The fourth-order valence-corrected chi connectivity index (χ4v) is 2.70. The van der Waals surface area contributed by atoms with Crippen LogP contribution in [0.25, 0.3) is 11.3 Å². The Morgan fingerprint density at radius 3 is 2.24 bits per heavy atom. The molecule has 0 unspecified atom stereocenters. The van der Waals surface area contributed by atoms with Gasteiger partial charge in [0.2, 0.25) is 0 Å². The van der Waals surface area contributed by atoms with Gasteiger partial charge in [-0.3, -0.25) is 0 Å². The van der Waals surface area contributed by atoms with Crippen LogP contribution in [0.3, 0.4) is 0 Å². The van der Waals surface area contributed by atoms with Gasteiger partial charge in [0, 0.05) is 23.4 Å². The lowest BCUT2D eigenvalue weighted by molar-refractivity contribution is -0.0328. The molecule has 21 heavy (non-hydrogen) atoms. The Morgan fingerprint density at radius 2 is 1.81 bits per heavy atom. The first-order valence-electron chi connectivity index (χ1n) is 6.56. The van der Waals surface area contributed by atoms with E-state index in [0.717, 1.165) is 17.8 Å². The van der Waals surface area contributed by atoms with E-state index in [1.807, 2.05) is 18.4 Å². The van der Waals surface area contributed by atoms with E-state index < -0.39 is 5.51 Å². The summed E-state index contributed by atoms with van der Waals surface area (Å²) in [7, 11) is 0. The lowest BCUT2D eigenvalue weighted by atomic mass is 10.1. The second-order valence-corrected chi connectivity index (χ2v) is 5.57. The summed E-state index contributed by atoms with van der Waals surface area (Å²) >= 11 is -0.131. The van der Waals surface area contributed by atoms with Gasteiger partial charge in [-0.2, -0.15) is 13.2 Å². The standard InChI is InChI=1S/C14H16F3N3S/c1-3-11-19-12(13(18)20(11)4-2)9-5-7-10(8-6-9)21-14(15,16)17/h5-8H,3-4,18H2,1-2H3. The number of aromatic nitrogens is 2. The summed E-state index contributed by atoms with van der Waals surface area (Å²) in [5, 5.41) is 0. The van der Waals surface area contributed by atoms with Gasteiger partial charge in [-0.1, -0.05) is 19.1 Å². The Hall–Kier alpha value is -1.63. The summed E-state index contributed by atoms with van der Waals surface area (Å²) < 4.78 is 38.8. The van der Waals surface area contributed by atoms with Gasteiger partial charge >= 0.3 is 5.51 Å². The fraction of sp³-hybridized carbons (Fsp3) is 0.357. The Balaban J connectivity index is 2.33. The maximum absolute atomic E-state index is 12.3. The quantitative estimate of drug-likeness (QED) is 0.854. The molecule has 1 aromatic carbocycles. The third-order valence-corrected chi connectivity index (χ3v) is 3.82. The highest BCUT2D eigenvalue weighted by molar-refractivity contribution is 8.00. The van der Waals surface area contributed by atoms with Crippen molar-refractivity contribution in [3.63, 3.8) is 0 Å². The van der Waals surface area contributed by atoms with Crippen molar-refractivity contribution in [2.75, 3.05) is 5.73 Å². The number of imidazole rings is 1. The van der Waals surface area contributed by atoms with Crippen molar-refractivity contribution in [1.29, 1.82) is 0 Å². The first-order chi connectivity index (χ1) is 9.85. The third kappa shape index (κ3) is 3.53. The predicted molar refractivity (Wildman–Crippen MR) is 79.0 cm³/mol. The van der Waals surface area contributed by atoms with Crippen molar-refractivity contribution in [3.05, 3.63) is 30.1 Å². The highest BCUT2D eigenvalue weighted by atomic mass is 32.2. The molecule has 0 atom stereocenters. The molecule has 0 amide bonds. The first kappa shape index (κ1) is 15.8. The minimum atomic E-state index is -4.28. The average Bonchev–Trinajstić information content (AvgIpc) is 2.74. The van der Waals surface area contributed by atoms with Gasteiger partial charge in [0.15, 0.2) is 0 Å². The molecule has 2 rings (SSSR count). The number of anilines is 1. The molecule has 1 heterocycles. The molecule has 0 saturated carbocycles. The van der Waals surface area contributed by atoms with E-state index >= 15 is 0 Å². The molecule has 3 nitrogen and oxygen atoms in total. The number of nitrogen functional groups attached to an aromatic ring is 1. The number of halogens is 3. The second-order valence-electron chi connectivity index (χ2n) is 4.43. The number of nitrogens with zero attached hydrogens (tertiary/aromatic N) is 2. The van der Waals surface area contributed by atoms with E-state index in [-0.39, 0.29) is 16.7 Å². The van der Waals surface area contributed by atoms with E-state index in [1.54, 1.807) is 12.1 Å². The van der Waals surface area contributed by atoms with Crippen molar-refractivity contribution in [3.8, 4) is 11.3 Å². The average molecular weight is 315 g/mol. The minimum Gasteiger partial charge on any atom is -0.383 e. The van der Waals surface area contributed by atoms with Gasteiger partial charge in [-0.15, -0.1) is 0 Å². The number of aryl methyl sites for hydroxylation is 1. The molecule has 1 aromatic heterocycles. The van der Waals surface area contributed by atoms with Gasteiger partial charge in [-0.25, -0.2) is 4.98 Å². The summed E-state index contributed by atoms with van der Waals surface area (Å²) in [6.07, 6.45) is 0.750. The molecule has 114 valence electrons. The zero-order valence-electron chi connectivity index (χ0n) is 11.7. The zero-order valence-corrected chi connectivity index (χ0v) is 12.6. The molecule has 0 bridgehead atoms. The highest BCUT2D eigenvalue weighted by Gasteiger charge is 2.29. The van der Waals surface area contributed by atoms with Crippen LogP contribution in [0.5, 0.6) is 0 Å². The normalized spacial score (nSPS) is 11.9. The van der Waals surface area contributed by atoms with Crippen LogP contribution in [-0.2, 0) is 13.0 Å². The number of thioether (sulfide) groups is 1. The summed E-state index contributed by atoms with van der Waals surface area (Å²) in [6, 6.07) is 6.10. The van der Waals surface area contributed by atoms with Gasteiger partial charge < -0.3 is 10.3 Å². The molecule has 2 aromatic rings. The summed E-state index contributed by atoms with van der Waals surface area (Å²) in [5.41, 5.74) is 3.14. The van der Waals surface area contributed by atoms with Crippen LogP contribution in [0.2, 0.25) is 0 Å². The zero-order chi connectivity index (χ0) is 15.6. The van der Waals surface area contributed by atoms with Crippen molar-refractivity contribution >= 4 is 17.6 Å². The fourth-order valence-electron chi connectivity index (χ4n) is 2.16. The van der Waals surface area contributed by atoms with E-state index in [2.05, 4.69) is 4.98 Å². The monoisotopic (exact) mass is 315 g/mol. The Kier molecular flexibility index (Phi) is 4.51. The predicted octanol–water partition coefficient (Wildman–Crippen LogP) is 4.33. The molecule has 7 heteroatoms. The maximum Gasteiger partial charge on any atom is 0.446 e. The number of benzene rings is 1. The third-order valence-electron chi connectivity index (χ3n) is 3.08. The highest BCUT2D eigenvalue weighted by Crippen LogP contribution is 2.37. The van der Waals surface area contributed by atoms with E-state index in [1.165, 1.54) is 12.1 Å². The number of hydrogen-bond donors (Lipinski definition) is 1. The van der Waals surface area contributed by atoms with Crippen LogP contribution < -0.4 is 5.73 Å². The topological polar surface area (TPSA) is 43.8 Å². The largest absolute Gasteiger partial charge is 0.446 e. The van der Waals surface area contributed by atoms with E-state index in [0.29, 0.717) is 18.1 Å². The van der Waals surface area contributed by atoms with Crippen LogP contribution >= 0.6 is 11.8 Å². The molecular formula is C14H16F3N3S. The lowest BCUT2D eigenvalue weighted by Crippen LogP contribution is -2.04. The molecule has 0 fully saturated rings.